The van der Waals surface area contributed by atoms with E-state index in [1.807, 2.05) is 50.2 Å². The number of H-pyrrole nitrogens is 1. The van der Waals surface area contributed by atoms with Gasteiger partial charge < -0.3 is 24.5 Å². The van der Waals surface area contributed by atoms with Crippen LogP contribution in [0.2, 0.25) is 0 Å². The Kier molecular flexibility index (Phi) is 8.20. The first-order valence-electron chi connectivity index (χ1n) is 13.9. The zero-order chi connectivity index (χ0) is 27.4. The van der Waals surface area contributed by atoms with Gasteiger partial charge in [0.05, 0.1) is 11.6 Å². The number of carbonyl (C=O) groups excluding carboxylic acids is 1. The zero-order valence-electron chi connectivity index (χ0n) is 23.2. The summed E-state index contributed by atoms with van der Waals surface area (Å²) >= 11 is 0. The Morgan fingerprint density at radius 3 is 2.69 bits per heavy atom. The lowest BCUT2D eigenvalue weighted by Gasteiger charge is -2.36. The fourth-order valence-corrected chi connectivity index (χ4v) is 5.43. The molecule has 2 N–H and O–H groups in total. The Bertz CT molecular complexity index is 1490. The highest BCUT2D eigenvalue weighted by Gasteiger charge is 2.21. The summed E-state index contributed by atoms with van der Waals surface area (Å²) in [6.07, 6.45) is 5.40. The van der Waals surface area contributed by atoms with Crippen LogP contribution in [0.15, 0.2) is 47.0 Å². The van der Waals surface area contributed by atoms with Gasteiger partial charge in [0.25, 0.3) is 5.91 Å². The number of nitrogens with one attached hydrogen (secondary N) is 2. The molecule has 1 aliphatic heterocycles. The molecule has 0 radical (unpaired) electrons. The van der Waals surface area contributed by atoms with E-state index in [0.717, 1.165) is 80.6 Å². The number of nitriles is 1. The van der Waals surface area contributed by atoms with E-state index < -0.39 is 0 Å². The molecule has 2 aromatic carbocycles. The van der Waals surface area contributed by atoms with Crippen LogP contribution in [0.5, 0.6) is 0 Å². The van der Waals surface area contributed by atoms with E-state index in [2.05, 4.69) is 44.5 Å². The number of rotatable bonds is 10. The maximum atomic E-state index is 12.6. The third-order valence-electron chi connectivity index (χ3n) is 7.77. The summed E-state index contributed by atoms with van der Waals surface area (Å²) < 4.78 is 5.93. The summed E-state index contributed by atoms with van der Waals surface area (Å²) in [5.74, 6) is 0.251. The van der Waals surface area contributed by atoms with Gasteiger partial charge in [0.2, 0.25) is 0 Å². The molecular weight excluding hydrogens is 488 g/mol. The number of benzene rings is 2. The molecule has 0 saturated carbocycles. The quantitative estimate of drug-likeness (QED) is 0.295. The van der Waals surface area contributed by atoms with Gasteiger partial charge in [0.1, 0.15) is 5.58 Å². The highest BCUT2D eigenvalue weighted by atomic mass is 16.3. The minimum Gasteiger partial charge on any atom is -0.451 e. The van der Waals surface area contributed by atoms with Crippen LogP contribution in [0.1, 0.15) is 40.1 Å². The second kappa shape index (κ2) is 11.9. The van der Waals surface area contributed by atoms with Crippen molar-refractivity contribution in [3.63, 3.8) is 0 Å². The predicted molar refractivity (Wildman–Crippen MR) is 156 cm³/mol. The molecule has 8 heteroatoms. The van der Waals surface area contributed by atoms with Gasteiger partial charge in [-0.1, -0.05) is 0 Å². The van der Waals surface area contributed by atoms with Crippen LogP contribution >= 0.6 is 0 Å². The van der Waals surface area contributed by atoms with E-state index in [-0.39, 0.29) is 5.91 Å². The number of aromatic nitrogens is 1. The molecule has 5 rings (SSSR count). The lowest BCUT2D eigenvalue weighted by molar-refractivity contribution is 0.0924. The van der Waals surface area contributed by atoms with Crippen molar-refractivity contribution in [1.82, 2.24) is 20.1 Å². The molecule has 204 valence electrons. The Labute approximate surface area is 230 Å². The predicted octanol–water partition coefficient (Wildman–Crippen LogP) is 4.53. The minimum atomic E-state index is -0.155. The SMILES string of the molecule is Cc1c(C(=O)NCCN(C)C)oc2ccc(N3CCN(CCCCc4c[nH]c5ccc(C#N)cc45)CC3)cc12. The molecule has 0 spiro atoms. The Morgan fingerprint density at radius 2 is 1.92 bits per heavy atom. The average Bonchev–Trinajstić information content (AvgIpc) is 3.51. The van der Waals surface area contributed by atoms with Crippen molar-refractivity contribution >= 4 is 33.5 Å². The van der Waals surface area contributed by atoms with Crippen molar-refractivity contribution in [2.45, 2.75) is 26.2 Å². The standard InChI is InChI=1S/C31H38N6O2/c1-22-26-19-25(8-10-29(26)39-30(22)31(38)33-11-13-35(2)3)37-16-14-36(15-17-37)12-5-4-6-24-21-34-28-9-7-23(20-32)18-27(24)28/h7-10,18-19,21,34H,4-6,11-17H2,1-3H3,(H,33,38). The van der Waals surface area contributed by atoms with E-state index in [9.17, 15) is 10.1 Å². The number of fused-ring (bicyclic) bond motifs is 2. The number of hydrogen-bond donors (Lipinski definition) is 2. The van der Waals surface area contributed by atoms with Gasteiger partial charge >= 0.3 is 0 Å². The maximum Gasteiger partial charge on any atom is 0.287 e. The van der Waals surface area contributed by atoms with E-state index in [1.165, 1.54) is 16.6 Å². The number of piperazine rings is 1. The number of furan rings is 1. The van der Waals surface area contributed by atoms with Crippen molar-refractivity contribution in [1.29, 1.82) is 5.26 Å². The second-order valence-electron chi connectivity index (χ2n) is 10.8. The number of amides is 1. The van der Waals surface area contributed by atoms with Gasteiger partial charge in [0, 0.05) is 73.0 Å². The van der Waals surface area contributed by atoms with E-state index in [4.69, 9.17) is 4.42 Å². The monoisotopic (exact) mass is 526 g/mol. The van der Waals surface area contributed by atoms with Gasteiger partial charge in [-0.15, -0.1) is 0 Å². The molecule has 39 heavy (non-hydrogen) atoms. The van der Waals surface area contributed by atoms with E-state index >= 15 is 0 Å². The summed E-state index contributed by atoms with van der Waals surface area (Å²) in [5.41, 5.74) is 5.94. The van der Waals surface area contributed by atoms with Gasteiger partial charge in [0.15, 0.2) is 5.76 Å². The number of nitrogens with zero attached hydrogens (tertiary/aromatic N) is 4. The number of hydrogen-bond acceptors (Lipinski definition) is 6. The molecule has 0 unspecified atom stereocenters. The van der Waals surface area contributed by atoms with Crippen LogP contribution in [-0.4, -0.2) is 80.6 Å². The van der Waals surface area contributed by atoms with Crippen molar-refractivity contribution < 1.29 is 9.21 Å². The van der Waals surface area contributed by atoms with Crippen molar-refractivity contribution in [3.05, 3.63) is 65.0 Å². The summed E-state index contributed by atoms with van der Waals surface area (Å²) in [6, 6.07) is 14.3. The number of carbonyl (C=O) groups is 1. The maximum absolute atomic E-state index is 12.6. The molecule has 4 aromatic rings. The summed E-state index contributed by atoms with van der Waals surface area (Å²) in [4.78, 5) is 23.0. The molecule has 8 nitrogen and oxygen atoms in total. The van der Waals surface area contributed by atoms with Gasteiger partial charge in [-0.3, -0.25) is 9.69 Å². The molecule has 2 aromatic heterocycles. The van der Waals surface area contributed by atoms with Crippen molar-refractivity contribution in [2.75, 3.05) is 64.8 Å². The largest absolute Gasteiger partial charge is 0.451 e. The minimum absolute atomic E-state index is 0.155. The van der Waals surface area contributed by atoms with Crippen LogP contribution in [0.25, 0.3) is 21.9 Å². The smallest absolute Gasteiger partial charge is 0.287 e. The number of unbranched alkanes of at least 4 members (excludes halogenated alkanes) is 1. The number of likely N-dealkylation sites (N-methyl/N-ethyl adjacent to an activating group) is 1. The fourth-order valence-electron chi connectivity index (χ4n) is 5.43. The van der Waals surface area contributed by atoms with Crippen LogP contribution in [-0.2, 0) is 6.42 Å². The molecule has 0 bridgehead atoms. The van der Waals surface area contributed by atoms with Crippen LogP contribution in [0.3, 0.4) is 0 Å². The molecule has 0 atom stereocenters. The highest BCUT2D eigenvalue weighted by molar-refractivity contribution is 5.99. The number of aromatic amines is 1. The molecule has 1 amide bonds. The normalized spacial score (nSPS) is 14.4. The Balaban J connectivity index is 1.11. The Hall–Kier alpha value is -3.80. The lowest BCUT2D eigenvalue weighted by Crippen LogP contribution is -2.46. The number of anilines is 1. The Morgan fingerprint density at radius 1 is 1.10 bits per heavy atom. The van der Waals surface area contributed by atoms with Crippen molar-refractivity contribution in [2.24, 2.45) is 0 Å². The molecular formula is C31H38N6O2. The van der Waals surface area contributed by atoms with Gasteiger partial charge in [-0.2, -0.15) is 5.26 Å². The third-order valence-corrected chi connectivity index (χ3v) is 7.77. The van der Waals surface area contributed by atoms with Crippen LogP contribution in [0, 0.1) is 18.3 Å². The molecule has 1 aliphatic rings. The summed E-state index contributed by atoms with van der Waals surface area (Å²) in [5, 5.41) is 14.3. The highest BCUT2D eigenvalue weighted by Crippen LogP contribution is 2.30. The first kappa shape index (κ1) is 26.8. The van der Waals surface area contributed by atoms with Crippen molar-refractivity contribution in [3.8, 4) is 6.07 Å². The first-order valence-corrected chi connectivity index (χ1v) is 13.9. The zero-order valence-corrected chi connectivity index (χ0v) is 23.2. The van der Waals surface area contributed by atoms with Crippen LogP contribution < -0.4 is 10.2 Å². The van der Waals surface area contributed by atoms with Gasteiger partial charge in [-0.25, -0.2) is 0 Å². The van der Waals surface area contributed by atoms with E-state index in [1.54, 1.807) is 0 Å². The average molecular weight is 527 g/mol. The lowest BCUT2D eigenvalue weighted by atomic mass is 10.0. The summed E-state index contributed by atoms with van der Waals surface area (Å²) in [6.45, 7) is 8.50. The van der Waals surface area contributed by atoms with Gasteiger partial charge in [-0.05, 0) is 88.8 Å². The third kappa shape index (κ3) is 6.11. The second-order valence-corrected chi connectivity index (χ2v) is 10.8. The molecule has 0 aliphatic carbocycles. The molecule has 1 fully saturated rings. The fraction of sp³-hybridized carbons (Fsp3) is 0.419. The van der Waals surface area contributed by atoms with E-state index in [0.29, 0.717) is 17.9 Å². The topological polar surface area (TPSA) is 91.5 Å². The number of aryl methyl sites for hydroxylation is 2. The molecule has 3 heterocycles. The molecule has 1 saturated heterocycles. The van der Waals surface area contributed by atoms with Crippen LogP contribution in [0.4, 0.5) is 5.69 Å². The first-order chi connectivity index (χ1) is 18.9. The summed E-state index contributed by atoms with van der Waals surface area (Å²) in [7, 11) is 3.97.